The molecule has 0 saturated carbocycles. The van der Waals surface area contributed by atoms with Crippen LogP contribution in [0.15, 0.2) is 30.5 Å². The Kier molecular flexibility index (Phi) is 6.99. The number of methoxy groups -OCH3 is 1. The molecule has 0 aliphatic rings. The zero-order valence-electron chi connectivity index (χ0n) is 14.7. The Morgan fingerprint density at radius 1 is 1.37 bits per heavy atom. The number of aliphatic hydroxyl groups excluding tert-OH is 1. The summed E-state index contributed by atoms with van der Waals surface area (Å²) in [7, 11) is 1.15. The van der Waals surface area contributed by atoms with Crippen LogP contribution in [0.1, 0.15) is 18.4 Å². The number of carbonyl (C=O) groups excluding carboxylic acids is 3. The number of ketones is 1. The van der Waals surface area contributed by atoms with Crippen molar-refractivity contribution in [1.82, 2.24) is 10.3 Å². The van der Waals surface area contributed by atoms with Crippen molar-refractivity contribution in [2.75, 3.05) is 7.11 Å². The molecule has 0 bridgehead atoms. The molecule has 0 spiro atoms. The van der Waals surface area contributed by atoms with E-state index in [4.69, 9.17) is 5.53 Å². The summed E-state index contributed by atoms with van der Waals surface area (Å²) >= 11 is 0. The number of benzene rings is 1. The van der Waals surface area contributed by atoms with E-state index in [0.717, 1.165) is 23.6 Å². The minimum Gasteiger partial charge on any atom is -0.467 e. The number of hydrogen-bond donors (Lipinski definition) is 3. The largest absolute Gasteiger partial charge is 0.467 e. The van der Waals surface area contributed by atoms with Crippen molar-refractivity contribution in [3.8, 4) is 0 Å². The van der Waals surface area contributed by atoms with Gasteiger partial charge in [-0.3, -0.25) is 9.59 Å². The fraction of sp³-hybridized carbons (Fsp3) is 0.333. The second-order valence-corrected chi connectivity index (χ2v) is 5.91. The fourth-order valence-corrected chi connectivity index (χ4v) is 2.68. The van der Waals surface area contributed by atoms with Gasteiger partial charge >= 0.3 is 12.2 Å². The number of aromatic nitrogens is 1. The van der Waals surface area contributed by atoms with Crippen molar-refractivity contribution >= 4 is 34.8 Å². The first-order chi connectivity index (χ1) is 13.0. The number of nitrogens with zero attached hydrogens (tertiary/aromatic N) is 2. The summed E-state index contributed by atoms with van der Waals surface area (Å²) in [5, 5.41) is 13.5. The van der Waals surface area contributed by atoms with Crippen LogP contribution in [-0.2, 0) is 25.5 Å². The van der Waals surface area contributed by atoms with Gasteiger partial charge in [0.15, 0.2) is 0 Å². The third-order valence-corrected chi connectivity index (χ3v) is 4.07. The van der Waals surface area contributed by atoms with Crippen molar-refractivity contribution in [2.24, 2.45) is 0 Å². The first-order valence-electron chi connectivity index (χ1n) is 8.27. The minimum absolute atomic E-state index is 0.0525. The van der Waals surface area contributed by atoms with Gasteiger partial charge in [-0.1, -0.05) is 18.2 Å². The van der Waals surface area contributed by atoms with E-state index in [1.807, 2.05) is 24.3 Å². The van der Waals surface area contributed by atoms with E-state index in [9.17, 15) is 19.5 Å². The standard InChI is InChI=1S/C18H20N4O5/c1-27-18(26)15(7-6-12(23)10-21-19)22-17(25)16(24)8-11-9-20-14-5-3-2-4-13(11)14/h2-5,9-10,15-16,20,24H,6-8H2,1H3,(H,22,25)/t15-,16-/m0/s1. The van der Waals surface area contributed by atoms with Crippen LogP contribution in [0.2, 0.25) is 0 Å². The number of amides is 1. The van der Waals surface area contributed by atoms with Crippen LogP contribution >= 0.6 is 0 Å². The highest BCUT2D eigenvalue weighted by Crippen LogP contribution is 2.19. The summed E-state index contributed by atoms with van der Waals surface area (Å²) in [5.74, 6) is -2.00. The number of hydrogen-bond acceptors (Lipinski definition) is 5. The zero-order chi connectivity index (χ0) is 19.8. The molecule has 1 aromatic heterocycles. The number of esters is 1. The molecule has 3 N–H and O–H groups in total. The van der Waals surface area contributed by atoms with Gasteiger partial charge in [-0.2, -0.15) is 4.79 Å². The van der Waals surface area contributed by atoms with Gasteiger partial charge in [0, 0.05) is 29.9 Å². The molecular formula is C18H20N4O5. The zero-order valence-corrected chi connectivity index (χ0v) is 14.7. The molecule has 0 aliphatic carbocycles. The number of aliphatic hydroxyl groups is 1. The van der Waals surface area contributed by atoms with Gasteiger partial charge in [0.25, 0.3) is 0 Å². The number of carbonyl (C=O) groups is 3. The lowest BCUT2D eigenvalue weighted by atomic mass is 10.0. The number of H-pyrrole nitrogens is 1. The van der Waals surface area contributed by atoms with Crippen LogP contribution in [0.3, 0.4) is 0 Å². The first-order valence-corrected chi connectivity index (χ1v) is 8.27. The molecule has 0 saturated heterocycles. The number of fused-ring (bicyclic) bond motifs is 1. The SMILES string of the molecule is COC(=O)[C@H](CCC(=O)C=[N+]=[N-])NC(=O)[C@@H](O)Cc1c[nH]c2ccccc12. The summed E-state index contributed by atoms with van der Waals surface area (Å²) in [6.07, 6.45) is 0.908. The van der Waals surface area contributed by atoms with E-state index >= 15 is 0 Å². The molecule has 1 amide bonds. The monoisotopic (exact) mass is 372 g/mol. The van der Waals surface area contributed by atoms with E-state index < -0.39 is 29.8 Å². The van der Waals surface area contributed by atoms with Crippen molar-refractivity contribution in [3.05, 3.63) is 41.6 Å². The maximum absolute atomic E-state index is 12.3. The summed E-state index contributed by atoms with van der Waals surface area (Å²) in [6, 6.07) is 6.38. The van der Waals surface area contributed by atoms with Crippen molar-refractivity contribution in [1.29, 1.82) is 0 Å². The summed E-state index contributed by atoms with van der Waals surface area (Å²) in [6.45, 7) is 0. The Balaban J connectivity index is 2.01. The lowest BCUT2D eigenvalue weighted by Crippen LogP contribution is -2.46. The molecule has 9 heteroatoms. The van der Waals surface area contributed by atoms with Crippen molar-refractivity contribution < 1.29 is 29.0 Å². The molecule has 1 heterocycles. The predicted octanol–water partition coefficient (Wildman–Crippen LogP) is 0.379. The maximum atomic E-state index is 12.3. The van der Waals surface area contributed by atoms with Gasteiger partial charge in [-0.15, -0.1) is 0 Å². The van der Waals surface area contributed by atoms with Crippen LogP contribution in [0.4, 0.5) is 0 Å². The number of Topliss-reactive ketones (excluding diaryl/α,β-unsaturated/α-hetero) is 1. The Morgan fingerprint density at radius 2 is 2.11 bits per heavy atom. The fourth-order valence-electron chi connectivity index (χ4n) is 2.68. The van der Waals surface area contributed by atoms with E-state index in [1.165, 1.54) is 0 Å². The number of aromatic amines is 1. The molecule has 1 aromatic carbocycles. The molecule has 0 aliphatic heterocycles. The third-order valence-electron chi connectivity index (χ3n) is 4.07. The van der Waals surface area contributed by atoms with E-state index in [0.29, 0.717) is 6.21 Å². The summed E-state index contributed by atoms with van der Waals surface area (Å²) < 4.78 is 4.61. The minimum atomic E-state index is -1.38. The summed E-state index contributed by atoms with van der Waals surface area (Å²) in [5.41, 5.74) is 9.97. The molecular weight excluding hydrogens is 352 g/mol. The molecule has 0 unspecified atom stereocenters. The molecule has 0 radical (unpaired) electrons. The van der Waals surface area contributed by atoms with Gasteiger partial charge in [0.05, 0.1) is 7.11 Å². The highest BCUT2D eigenvalue weighted by molar-refractivity contribution is 6.25. The van der Waals surface area contributed by atoms with Gasteiger partial charge in [-0.25, -0.2) is 4.79 Å². The Hall–Kier alpha value is -3.29. The average molecular weight is 372 g/mol. The quantitative estimate of drug-likeness (QED) is 0.252. The third kappa shape index (κ3) is 5.34. The van der Waals surface area contributed by atoms with Crippen molar-refractivity contribution in [2.45, 2.75) is 31.4 Å². The van der Waals surface area contributed by atoms with Gasteiger partial charge in [-0.05, 0) is 18.1 Å². The predicted molar refractivity (Wildman–Crippen MR) is 95.9 cm³/mol. The first kappa shape index (κ1) is 20.0. The topological polar surface area (TPSA) is 145 Å². The highest BCUT2D eigenvalue weighted by Gasteiger charge is 2.26. The average Bonchev–Trinajstić information content (AvgIpc) is 3.07. The van der Waals surface area contributed by atoms with E-state index in [1.54, 1.807) is 6.20 Å². The Bertz CT molecular complexity index is 885. The number of para-hydroxylation sites is 1. The number of ether oxygens (including phenoxy) is 1. The Labute approximate surface area is 154 Å². The highest BCUT2D eigenvalue weighted by atomic mass is 16.5. The van der Waals surface area contributed by atoms with E-state index in [2.05, 4.69) is 19.8 Å². The van der Waals surface area contributed by atoms with Gasteiger partial charge < -0.3 is 25.7 Å². The van der Waals surface area contributed by atoms with Crippen molar-refractivity contribution in [3.63, 3.8) is 0 Å². The number of rotatable bonds is 9. The normalized spacial score (nSPS) is 12.7. The maximum Gasteiger partial charge on any atom is 0.328 e. The molecule has 2 atom stereocenters. The summed E-state index contributed by atoms with van der Waals surface area (Å²) in [4.78, 5) is 41.1. The number of nitrogens with one attached hydrogen (secondary N) is 2. The van der Waals surface area contributed by atoms with Gasteiger partial charge in [0.1, 0.15) is 12.1 Å². The van der Waals surface area contributed by atoms with Crippen LogP contribution in [0.5, 0.6) is 0 Å². The smallest absolute Gasteiger partial charge is 0.328 e. The molecule has 2 rings (SSSR count). The molecule has 2 aromatic rings. The second-order valence-electron chi connectivity index (χ2n) is 5.91. The van der Waals surface area contributed by atoms with Gasteiger partial charge in [0.2, 0.25) is 11.7 Å². The lowest BCUT2D eigenvalue weighted by Gasteiger charge is -2.18. The molecule has 9 nitrogen and oxygen atoms in total. The molecule has 27 heavy (non-hydrogen) atoms. The molecule has 142 valence electrons. The van der Waals surface area contributed by atoms with Crippen LogP contribution in [0.25, 0.3) is 16.4 Å². The second kappa shape index (κ2) is 9.42. The Morgan fingerprint density at radius 3 is 2.81 bits per heavy atom. The van der Waals surface area contributed by atoms with Crippen LogP contribution in [0, 0.1) is 0 Å². The molecule has 0 fully saturated rings. The van der Waals surface area contributed by atoms with Crippen LogP contribution in [-0.4, -0.2) is 58.0 Å². The van der Waals surface area contributed by atoms with Crippen LogP contribution < -0.4 is 5.32 Å². The van der Waals surface area contributed by atoms with E-state index in [-0.39, 0.29) is 19.3 Å². The lowest BCUT2D eigenvalue weighted by molar-refractivity contribution is -0.146.